The topological polar surface area (TPSA) is 139 Å². The van der Waals surface area contributed by atoms with E-state index < -0.39 is 5.60 Å². The van der Waals surface area contributed by atoms with E-state index in [0.717, 1.165) is 16.7 Å². The number of nitrogen functional groups attached to an aromatic ring is 1. The number of aryl methyl sites for hydroxylation is 1. The number of rotatable bonds is 5. The standard InChI is InChI=1S/C30H28N8O3/c1-4-17-8-7-9-20-23(17)29(40)38(36-12-5-6-13-36)22(34-20)15-37-28-24(27(31)32-16-33-28)25(35-37)18-10-11-21(39)26-19(18)14-30(2,3)41-26/h5-13,16,39H,4,14-15H2,1-3H3,(H2,31,32,33). The predicted octanol–water partition coefficient (Wildman–Crippen LogP) is 3.93. The van der Waals surface area contributed by atoms with Gasteiger partial charge in [-0.1, -0.05) is 19.1 Å². The number of aromatic hydroxyl groups is 1. The van der Waals surface area contributed by atoms with Crippen molar-refractivity contribution >= 4 is 27.8 Å². The van der Waals surface area contributed by atoms with E-state index in [1.165, 1.54) is 6.33 Å². The Labute approximate surface area is 234 Å². The Morgan fingerprint density at radius 3 is 2.66 bits per heavy atom. The van der Waals surface area contributed by atoms with E-state index in [0.29, 0.717) is 52.0 Å². The number of anilines is 1. The molecule has 0 saturated heterocycles. The third-order valence-electron chi connectivity index (χ3n) is 7.56. The molecule has 0 bridgehead atoms. The largest absolute Gasteiger partial charge is 0.504 e. The Hall–Kier alpha value is -5.19. The van der Waals surface area contributed by atoms with Gasteiger partial charge < -0.3 is 15.6 Å². The first-order valence-corrected chi connectivity index (χ1v) is 13.4. The van der Waals surface area contributed by atoms with Crippen LogP contribution in [0.15, 0.2) is 66.0 Å². The molecule has 2 aromatic carbocycles. The molecule has 0 amide bonds. The zero-order chi connectivity index (χ0) is 28.5. The zero-order valence-electron chi connectivity index (χ0n) is 22.9. The second-order valence-electron chi connectivity index (χ2n) is 10.8. The van der Waals surface area contributed by atoms with Gasteiger partial charge in [-0.2, -0.15) is 9.77 Å². The monoisotopic (exact) mass is 548 g/mol. The highest BCUT2D eigenvalue weighted by molar-refractivity contribution is 5.99. The molecule has 0 spiro atoms. The Bertz CT molecular complexity index is 2040. The highest BCUT2D eigenvalue weighted by Crippen LogP contribution is 2.47. The lowest BCUT2D eigenvalue weighted by atomic mass is 9.95. The number of fused-ring (bicyclic) bond motifs is 3. The van der Waals surface area contributed by atoms with Crippen LogP contribution in [0, 0.1) is 0 Å². The molecule has 0 unspecified atom stereocenters. The van der Waals surface area contributed by atoms with Crippen LogP contribution in [-0.2, 0) is 19.4 Å². The number of aromatic nitrogens is 7. The number of hydrogen-bond acceptors (Lipinski definition) is 8. The van der Waals surface area contributed by atoms with Gasteiger partial charge in [0.1, 0.15) is 30.0 Å². The quantitative estimate of drug-likeness (QED) is 0.330. The Kier molecular flexibility index (Phi) is 5.40. The van der Waals surface area contributed by atoms with E-state index in [9.17, 15) is 9.90 Å². The van der Waals surface area contributed by atoms with Crippen molar-refractivity contribution in [1.29, 1.82) is 0 Å². The molecule has 4 aromatic heterocycles. The van der Waals surface area contributed by atoms with Gasteiger partial charge in [-0.05, 0) is 56.2 Å². The summed E-state index contributed by atoms with van der Waals surface area (Å²) in [4.78, 5) is 27.7. The molecule has 41 heavy (non-hydrogen) atoms. The minimum atomic E-state index is -0.491. The van der Waals surface area contributed by atoms with Crippen LogP contribution >= 0.6 is 0 Å². The van der Waals surface area contributed by atoms with Gasteiger partial charge in [0.15, 0.2) is 23.0 Å². The maximum absolute atomic E-state index is 14.0. The van der Waals surface area contributed by atoms with Crippen molar-refractivity contribution in [1.82, 2.24) is 34.1 Å². The summed E-state index contributed by atoms with van der Waals surface area (Å²) in [5, 5.41) is 16.7. The van der Waals surface area contributed by atoms with Crippen LogP contribution in [0.3, 0.4) is 0 Å². The molecule has 3 N–H and O–H groups in total. The molecule has 0 radical (unpaired) electrons. The van der Waals surface area contributed by atoms with E-state index in [2.05, 4.69) is 9.97 Å². The van der Waals surface area contributed by atoms with Gasteiger partial charge in [0.05, 0.1) is 16.3 Å². The Morgan fingerprint density at radius 2 is 1.88 bits per heavy atom. The summed E-state index contributed by atoms with van der Waals surface area (Å²) in [7, 11) is 0. The fraction of sp³-hybridized carbons (Fsp3) is 0.233. The Balaban J connectivity index is 1.46. The highest BCUT2D eigenvalue weighted by atomic mass is 16.5. The lowest BCUT2D eigenvalue weighted by molar-refractivity contribution is 0.134. The van der Waals surface area contributed by atoms with Crippen molar-refractivity contribution < 1.29 is 9.84 Å². The molecule has 6 aromatic rings. The van der Waals surface area contributed by atoms with Crippen molar-refractivity contribution in [3.8, 4) is 22.8 Å². The third kappa shape index (κ3) is 3.84. The first kappa shape index (κ1) is 24.8. The minimum absolute atomic E-state index is 0.0739. The molecule has 7 rings (SSSR count). The number of nitrogens with two attached hydrogens (primary N) is 1. The van der Waals surface area contributed by atoms with Gasteiger partial charge in [-0.15, -0.1) is 0 Å². The Morgan fingerprint density at radius 1 is 1.07 bits per heavy atom. The van der Waals surface area contributed by atoms with Crippen LogP contribution in [0.1, 0.15) is 37.7 Å². The number of benzene rings is 2. The number of ether oxygens (including phenoxy) is 1. The second-order valence-corrected chi connectivity index (χ2v) is 10.8. The molecule has 0 fully saturated rings. The first-order valence-electron chi connectivity index (χ1n) is 13.4. The molecule has 0 aliphatic carbocycles. The second kappa shape index (κ2) is 8.91. The number of nitrogens with zero attached hydrogens (tertiary/aromatic N) is 7. The van der Waals surface area contributed by atoms with Gasteiger partial charge in [0, 0.05) is 29.9 Å². The third-order valence-corrected chi connectivity index (χ3v) is 7.56. The lowest BCUT2D eigenvalue weighted by Gasteiger charge is -2.16. The molecule has 11 nitrogen and oxygen atoms in total. The minimum Gasteiger partial charge on any atom is -0.504 e. The molecule has 1 aliphatic rings. The summed E-state index contributed by atoms with van der Waals surface area (Å²) >= 11 is 0. The van der Waals surface area contributed by atoms with Crippen molar-refractivity contribution in [2.75, 3.05) is 5.73 Å². The summed E-state index contributed by atoms with van der Waals surface area (Å²) in [6.07, 6.45) is 6.29. The molecule has 0 atom stereocenters. The summed E-state index contributed by atoms with van der Waals surface area (Å²) in [5.41, 5.74) is 9.99. The van der Waals surface area contributed by atoms with Gasteiger partial charge in [0.25, 0.3) is 5.56 Å². The van der Waals surface area contributed by atoms with E-state index in [1.807, 2.05) is 57.2 Å². The molecule has 5 heterocycles. The van der Waals surface area contributed by atoms with Crippen LogP contribution in [0.2, 0.25) is 0 Å². The molecular weight excluding hydrogens is 520 g/mol. The molecule has 11 heteroatoms. The van der Waals surface area contributed by atoms with E-state index >= 15 is 0 Å². The van der Waals surface area contributed by atoms with Gasteiger partial charge in [0.2, 0.25) is 0 Å². The normalized spacial score (nSPS) is 14.0. The van der Waals surface area contributed by atoms with Crippen molar-refractivity contribution in [3.05, 3.63) is 88.5 Å². The van der Waals surface area contributed by atoms with Gasteiger partial charge in [-0.25, -0.2) is 19.6 Å². The van der Waals surface area contributed by atoms with Gasteiger partial charge >= 0.3 is 0 Å². The number of hydrogen-bond donors (Lipinski definition) is 2. The lowest BCUT2D eigenvalue weighted by Crippen LogP contribution is -2.31. The SMILES string of the molecule is CCc1cccc2nc(Cn3nc(-c4ccc(O)c5c4CC(C)(C)O5)c4c(N)ncnc43)n(-n3cccc3)c(=O)c12. The maximum Gasteiger partial charge on any atom is 0.281 e. The van der Waals surface area contributed by atoms with Crippen molar-refractivity contribution in [2.45, 2.75) is 45.8 Å². The summed E-state index contributed by atoms with van der Waals surface area (Å²) in [5.74, 6) is 1.26. The van der Waals surface area contributed by atoms with Gasteiger partial charge in [-0.3, -0.25) is 9.47 Å². The molecule has 206 valence electrons. The van der Waals surface area contributed by atoms with Crippen LogP contribution < -0.4 is 16.0 Å². The average Bonchev–Trinajstić information content (AvgIpc) is 3.67. The van der Waals surface area contributed by atoms with Crippen LogP contribution in [0.25, 0.3) is 33.2 Å². The number of phenols is 1. The fourth-order valence-corrected chi connectivity index (χ4v) is 5.76. The van der Waals surface area contributed by atoms with Crippen LogP contribution in [0.5, 0.6) is 11.5 Å². The average molecular weight is 549 g/mol. The van der Waals surface area contributed by atoms with Crippen LogP contribution in [0.4, 0.5) is 5.82 Å². The summed E-state index contributed by atoms with van der Waals surface area (Å²) in [6, 6.07) is 12.9. The highest BCUT2D eigenvalue weighted by Gasteiger charge is 2.35. The van der Waals surface area contributed by atoms with E-state index in [4.69, 9.17) is 20.6 Å². The number of phenolic OH excluding ortho intramolecular Hbond substituents is 1. The van der Waals surface area contributed by atoms with Crippen LogP contribution in [-0.4, -0.2) is 44.8 Å². The van der Waals surface area contributed by atoms with Crippen molar-refractivity contribution in [3.63, 3.8) is 0 Å². The molecule has 0 saturated carbocycles. The summed E-state index contributed by atoms with van der Waals surface area (Å²) < 4.78 is 11.0. The van der Waals surface area contributed by atoms with Crippen molar-refractivity contribution in [2.24, 2.45) is 0 Å². The predicted molar refractivity (Wildman–Crippen MR) is 155 cm³/mol. The fourth-order valence-electron chi connectivity index (χ4n) is 5.76. The van der Waals surface area contributed by atoms with E-state index in [-0.39, 0.29) is 23.7 Å². The first-order chi connectivity index (χ1) is 19.8. The summed E-state index contributed by atoms with van der Waals surface area (Å²) in [6.45, 7) is 6.10. The molecule has 1 aliphatic heterocycles. The van der Waals surface area contributed by atoms with E-state index in [1.54, 1.807) is 32.5 Å². The molecular formula is C30H28N8O3. The smallest absolute Gasteiger partial charge is 0.281 e. The zero-order valence-corrected chi connectivity index (χ0v) is 22.9. The maximum atomic E-state index is 14.0.